The second-order valence-corrected chi connectivity index (χ2v) is 7.53. The predicted octanol–water partition coefficient (Wildman–Crippen LogP) is 4.21. The van der Waals surface area contributed by atoms with Crippen LogP contribution in [0.3, 0.4) is 0 Å². The van der Waals surface area contributed by atoms with E-state index in [4.69, 9.17) is 11.6 Å². The van der Waals surface area contributed by atoms with Gasteiger partial charge >= 0.3 is 0 Å². The van der Waals surface area contributed by atoms with E-state index in [9.17, 15) is 9.59 Å². The Kier molecular flexibility index (Phi) is 5.95. The lowest BCUT2D eigenvalue weighted by molar-refractivity contribution is -0.138. The molecule has 0 saturated heterocycles. The number of rotatable bonds is 6. The minimum atomic E-state index is -1.23. The number of aromatic nitrogens is 1. The van der Waals surface area contributed by atoms with Crippen molar-refractivity contribution in [1.29, 1.82) is 0 Å². The molecule has 3 rings (SSSR count). The van der Waals surface area contributed by atoms with E-state index in [2.05, 4.69) is 15.6 Å². The molecule has 0 aliphatic heterocycles. The molecule has 0 spiro atoms. The smallest absolute Gasteiger partial charge is 0.239 e. The topological polar surface area (TPSA) is 71.1 Å². The summed E-state index contributed by atoms with van der Waals surface area (Å²) in [6, 6.07) is 16.8. The SMILES string of the molecule is CC(C)(C(=O)NCCc1ccc(Cl)cc1)C(=O)Nc1cccc2cccnc12. The van der Waals surface area contributed by atoms with Crippen molar-refractivity contribution in [3.05, 3.63) is 71.4 Å². The number of halogens is 1. The van der Waals surface area contributed by atoms with Gasteiger partial charge in [0, 0.05) is 23.2 Å². The number of carbonyl (C=O) groups excluding carboxylic acids is 2. The molecule has 0 fully saturated rings. The third-order valence-corrected chi connectivity index (χ3v) is 4.88. The van der Waals surface area contributed by atoms with Crippen LogP contribution in [0.25, 0.3) is 10.9 Å². The molecule has 0 atom stereocenters. The number of fused-ring (bicyclic) bond motifs is 1. The number of para-hydroxylation sites is 1. The number of hydrogen-bond acceptors (Lipinski definition) is 3. The van der Waals surface area contributed by atoms with E-state index in [0.717, 1.165) is 10.9 Å². The van der Waals surface area contributed by atoms with Crippen molar-refractivity contribution >= 4 is 40.0 Å². The van der Waals surface area contributed by atoms with Gasteiger partial charge in [-0.2, -0.15) is 0 Å². The fourth-order valence-corrected chi connectivity index (χ4v) is 2.91. The third-order valence-electron chi connectivity index (χ3n) is 4.63. The molecule has 6 heteroatoms. The summed E-state index contributed by atoms with van der Waals surface area (Å²) in [5.41, 5.74) is 1.12. The second kappa shape index (κ2) is 8.40. The number of nitrogens with one attached hydrogen (secondary N) is 2. The summed E-state index contributed by atoms with van der Waals surface area (Å²) >= 11 is 5.88. The van der Waals surface area contributed by atoms with Crippen molar-refractivity contribution in [2.45, 2.75) is 20.3 Å². The molecular weight excluding hydrogens is 374 g/mol. The van der Waals surface area contributed by atoms with E-state index in [1.165, 1.54) is 0 Å². The molecular formula is C22H22ClN3O2. The standard InChI is InChI=1S/C22H22ClN3O2/c1-22(2,20(27)25-14-12-15-8-10-17(23)11-9-15)21(28)26-18-7-3-5-16-6-4-13-24-19(16)18/h3-11,13H,12,14H2,1-2H3,(H,25,27)(H,26,28). The van der Waals surface area contributed by atoms with Gasteiger partial charge in [0.05, 0.1) is 11.2 Å². The van der Waals surface area contributed by atoms with Crippen LogP contribution in [0.4, 0.5) is 5.69 Å². The monoisotopic (exact) mass is 395 g/mol. The first-order valence-corrected chi connectivity index (χ1v) is 9.43. The van der Waals surface area contributed by atoms with Gasteiger partial charge in [0.2, 0.25) is 11.8 Å². The summed E-state index contributed by atoms with van der Waals surface area (Å²) in [6.45, 7) is 3.66. The number of carbonyl (C=O) groups is 2. The minimum absolute atomic E-state index is 0.327. The van der Waals surface area contributed by atoms with E-state index in [0.29, 0.717) is 29.2 Å². The highest BCUT2D eigenvalue weighted by atomic mass is 35.5. The molecule has 2 N–H and O–H groups in total. The third kappa shape index (κ3) is 4.49. The maximum atomic E-state index is 12.8. The molecule has 0 aliphatic rings. The van der Waals surface area contributed by atoms with Gasteiger partial charge in [0.15, 0.2) is 0 Å². The van der Waals surface area contributed by atoms with Crippen LogP contribution in [-0.4, -0.2) is 23.3 Å². The van der Waals surface area contributed by atoms with Crippen molar-refractivity contribution < 1.29 is 9.59 Å². The zero-order chi connectivity index (χ0) is 20.1. The van der Waals surface area contributed by atoms with Gasteiger partial charge < -0.3 is 10.6 Å². The lowest BCUT2D eigenvalue weighted by Gasteiger charge is -2.23. The highest BCUT2D eigenvalue weighted by Crippen LogP contribution is 2.24. The van der Waals surface area contributed by atoms with E-state index in [1.54, 1.807) is 26.1 Å². The minimum Gasteiger partial charge on any atom is -0.355 e. The van der Waals surface area contributed by atoms with Crippen molar-refractivity contribution in [2.24, 2.45) is 5.41 Å². The normalized spacial score (nSPS) is 11.2. The molecule has 0 radical (unpaired) electrons. The summed E-state index contributed by atoms with van der Waals surface area (Å²) in [4.78, 5) is 29.7. The summed E-state index contributed by atoms with van der Waals surface area (Å²) in [5.74, 6) is -0.707. The molecule has 0 saturated carbocycles. The largest absolute Gasteiger partial charge is 0.355 e. The van der Waals surface area contributed by atoms with Crippen LogP contribution < -0.4 is 10.6 Å². The number of nitrogens with zero attached hydrogens (tertiary/aromatic N) is 1. The van der Waals surface area contributed by atoms with Crippen molar-refractivity contribution in [2.75, 3.05) is 11.9 Å². The van der Waals surface area contributed by atoms with Gasteiger partial charge in [-0.05, 0) is 50.1 Å². The Hall–Kier alpha value is -2.92. The zero-order valence-electron chi connectivity index (χ0n) is 15.8. The van der Waals surface area contributed by atoms with Crippen LogP contribution >= 0.6 is 11.6 Å². The summed E-state index contributed by atoms with van der Waals surface area (Å²) in [5, 5.41) is 7.28. The number of hydrogen-bond donors (Lipinski definition) is 2. The summed E-state index contributed by atoms with van der Waals surface area (Å²) < 4.78 is 0. The van der Waals surface area contributed by atoms with Gasteiger partial charge in [-0.15, -0.1) is 0 Å². The van der Waals surface area contributed by atoms with Crippen LogP contribution in [0.5, 0.6) is 0 Å². The Bertz CT molecular complexity index is 995. The van der Waals surface area contributed by atoms with E-state index in [1.807, 2.05) is 48.5 Å². The van der Waals surface area contributed by atoms with Crippen LogP contribution in [0.2, 0.25) is 5.02 Å². The van der Waals surface area contributed by atoms with Gasteiger partial charge in [0.25, 0.3) is 0 Å². The summed E-state index contributed by atoms with van der Waals surface area (Å²) in [7, 11) is 0. The molecule has 1 aromatic heterocycles. The van der Waals surface area contributed by atoms with Crippen LogP contribution in [0.15, 0.2) is 60.8 Å². The van der Waals surface area contributed by atoms with Crippen molar-refractivity contribution in [1.82, 2.24) is 10.3 Å². The van der Waals surface area contributed by atoms with Crippen LogP contribution in [0.1, 0.15) is 19.4 Å². The maximum Gasteiger partial charge on any atom is 0.239 e. The first-order valence-electron chi connectivity index (χ1n) is 9.06. The Labute approximate surface area is 169 Å². The molecule has 1 heterocycles. The number of pyridine rings is 1. The molecule has 2 amide bonds. The maximum absolute atomic E-state index is 12.8. The van der Waals surface area contributed by atoms with Gasteiger partial charge in [-0.3, -0.25) is 14.6 Å². The highest BCUT2D eigenvalue weighted by molar-refractivity contribution is 6.30. The van der Waals surface area contributed by atoms with Gasteiger partial charge in [-0.1, -0.05) is 41.9 Å². The molecule has 5 nitrogen and oxygen atoms in total. The average Bonchev–Trinajstić information content (AvgIpc) is 2.69. The summed E-state index contributed by atoms with van der Waals surface area (Å²) in [6.07, 6.45) is 2.33. The Morgan fingerprint density at radius 1 is 1.00 bits per heavy atom. The van der Waals surface area contributed by atoms with Crippen LogP contribution in [0, 0.1) is 5.41 Å². The van der Waals surface area contributed by atoms with Gasteiger partial charge in [0.1, 0.15) is 5.41 Å². The molecule has 144 valence electrons. The van der Waals surface area contributed by atoms with E-state index < -0.39 is 5.41 Å². The average molecular weight is 396 g/mol. The first-order chi connectivity index (χ1) is 13.4. The lowest BCUT2D eigenvalue weighted by atomic mass is 9.90. The molecule has 3 aromatic rings. The van der Waals surface area contributed by atoms with Crippen LogP contribution in [-0.2, 0) is 16.0 Å². The molecule has 0 bridgehead atoms. The number of amides is 2. The lowest BCUT2D eigenvalue weighted by Crippen LogP contribution is -2.45. The Morgan fingerprint density at radius 2 is 1.71 bits per heavy atom. The quantitative estimate of drug-likeness (QED) is 0.614. The first kappa shape index (κ1) is 19.8. The number of benzene rings is 2. The fourth-order valence-electron chi connectivity index (χ4n) is 2.78. The Balaban J connectivity index is 1.62. The highest BCUT2D eigenvalue weighted by Gasteiger charge is 2.36. The predicted molar refractivity (Wildman–Crippen MR) is 112 cm³/mol. The van der Waals surface area contributed by atoms with Gasteiger partial charge in [-0.25, -0.2) is 0 Å². The van der Waals surface area contributed by atoms with Crippen molar-refractivity contribution in [3.8, 4) is 0 Å². The van der Waals surface area contributed by atoms with E-state index in [-0.39, 0.29) is 11.8 Å². The van der Waals surface area contributed by atoms with E-state index >= 15 is 0 Å². The fraction of sp³-hybridized carbons (Fsp3) is 0.227. The number of anilines is 1. The molecule has 2 aromatic carbocycles. The van der Waals surface area contributed by atoms with Crippen molar-refractivity contribution in [3.63, 3.8) is 0 Å². The second-order valence-electron chi connectivity index (χ2n) is 7.09. The molecule has 28 heavy (non-hydrogen) atoms. The Morgan fingerprint density at radius 3 is 2.46 bits per heavy atom. The molecule has 0 unspecified atom stereocenters. The zero-order valence-corrected chi connectivity index (χ0v) is 16.6. The molecule has 0 aliphatic carbocycles.